The maximum Gasteiger partial charge on any atom is 0.435 e. The number of alkyl halides is 7. The predicted molar refractivity (Wildman–Crippen MR) is 98.5 cm³/mol. The van der Waals surface area contributed by atoms with Crippen LogP contribution in [0.2, 0.25) is 0 Å². The lowest BCUT2D eigenvalue weighted by molar-refractivity contribution is -0.348. The summed E-state index contributed by atoms with van der Waals surface area (Å²) in [5, 5.41) is 2.91. The molecule has 2 aliphatic rings. The Morgan fingerprint density at radius 3 is 2.12 bits per heavy atom. The third-order valence-corrected chi connectivity index (χ3v) is 8.64. The molecule has 0 radical (unpaired) electrons. The maximum absolute atomic E-state index is 14.5. The van der Waals surface area contributed by atoms with Gasteiger partial charge in [0.25, 0.3) is 0 Å². The van der Waals surface area contributed by atoms with Crippen molar-refractivity contribution >= 4 is 9.84 Å². The van der Waals surface area contributed by atoms with Crippen LogP contribution in [0, 0.1) is 5.82 Å². The molecule has 4 nitrogen and oxygen atoms in total. The SMILES string of the molecule is O=S(=O)(c1ccc(F)cc1)C12CCNC1COc1cc(C(F)(C(F)(F)F)C(F)(F)F)ccc12. The number of halogens is 8. The van der Waals surface area contributed by atoms with Gasteiger partial charge in [-0.2, -0.15) is 26.3 Å². The van der Waals surface area contributed by atoms with E-state index in [0.717, 1.165) is 30.3 Å². The molecule has 2 atom stereocenters. The van der Waals surface area contributed by atoms with Crippen molar-refractivity contribution in [3.05, 3.63) is 59.4 Å². The summed E-state index contributed by atoms with van der Waals surface area (Å²) in [6.07, 6.45) is -12.8. The fourth-order valence-corrected chi connectivity index (χ4v) is 6.71. The van der Waals surface area contributed by atoms with E-state index in [1.54, 1.807) is 0 Å². The summed E-state index contributed by atoms with van der Waals surface area (Å²) in [6, 6.07) is 4.18. The third kappa shape index (κ3) is 3.22. The van der Waals surface area contributed by atoms with Gasteiger partial charge in [-0.15, -0.1) is 0 Å². The van der Waals surface area contributed by atoms with Crippen molar-refractivity contribution in [2.45, 2.75) is 40.1 Å². The predicted octanol–water partition coefficient (Wildman–Crippen LogP) is 4.54. The Kier molecular flexibility index (Phi) is 5.25. The fraction of sp³-hybridized carbons (Fsp3) is 0.400. The Hall–Kier alpha value is -2.41. The average molecular weight is 501 g/mol. The van der Waals surface area contributed by atoms with Gasteiger partial charge in [-0.1, -0.05) is 12.1 Å². The highest BCUT2D eigenvalue weighted by Crippen LogP contribution is 2.56. The first-order valence-electron chi connectivity index (χ1n) is 9.50. The molecule has 4 rings (SSSR count). The topological polar surface area (TPSA) is 55.4 Å². The van der Waals surface area contributed by atoms with E-state index < -0.39 is 62.4 Å². The molecule has 2 aromatic rings. The van der Waals surface area contributed by atoms with Gasteiger partial charge in [0, 0.05) is 11.1 Å². The molecule has 33 heavy (non-hydrogen) atoms. The highest BCUT2D eigenvalue weighted by atomic mass is 32.2. The minimum Gasteiger partial charge on any atom is -0.492 e. The van der Waals surface area contributed by atoms with Crippen molar-refractivity contribution in [3.63, 3.8) is 0 Å². The minimum atomic E-state index is -6.33. The zero-order valence-electron chi connectivity index (χ0n) is 16.4. The smallest absolute Gasteiger partial charge is 0.435 e. The number of nitrogens with one attached hydrogen (secondary N) is 1. The molecule has 0 aliphatic carbocycles. The van der Waals surface area contributed by atoms with Crippen LogP contribution in [0.1, 0.15) is 17.5 Å². The summed E-state index contributed by atoms with van der Waals surface area (Å²) in [5.74, 6) is -1.31. The van der Waals surface area contributed by atoms with E-state index in [4.69, 9.17) is 4.74 Å². The van der Waals surface area contributed by atoms with Gasteiger partial charge >= 0.3 is 18.0 Å². The average Bonchev–Trinajstić information content (AvgIpc) is 3.17. The molecule has 2 heterocycles. The van der Waals surface area contributed by atoms with Crippen LogP contribution in [0.4, 0.5) is 35.1 Å². The van der Waals surface area contributed by atoms with Gasteiger partial charge in [0.2, 0.25) is 0 Å². The summed E-state index contributed by atoms with van der Waals surface area (Å²) in [5.41, 5.74) is -7.67. The van der Waals surface area contributed by atoms with Crippen LogP contribution < -0.4 is 10.1 Å². The number of rotatable bonds is 3. The van der Waals surface area contributed by atoms with Crippen LogP contribution in [0.15, 0.2) is 47.4 Å². The molecule has 2 aromatic carbocycles. The van der Waals surface area contributed by atoms with Crippen LogP contribution in [-0.2, 0) is 20.3 Å². The fourth-order valence-electron chi connectivity index (χ4n) is 4.44. The molecule has 1 N–H and O–H groups in total. The molecule has 13 heteroatoms. The van der Waals surface area contributed by atoms with E-state index in [2.05, 4.69) is 5.32 Å². The zero-order valence-corrected chi connectivity index (χ0v) is 17.2. The second kappa shape index (κ2) is 7.29. The van der Waals surface area contributed by atoms with Crippen LogP contribution in [0.3, 0.4) is 0 Å². The van der Waals surface area contributed by atoms with Gasteiger partial charge in [-0.25, -0.2) is 17.2 Å². The quantitative estimate of drug-likeness (QED) is 0.496. The molecule has 180 valence electrons. The van der Waals surface area contributed by atoms with Crippen molar-refractivity contribution in [1.82, 2.24) is 5.32 Å². The Morgan fingerprint density at radius 2 is 1.55 bits per heavy atom. The van der Waals surface area contributed by atoms with Crippen LogP contribution in [0.5, 0.6) is 5.75 Å². The Balaban J connectivity index is 1.92. The van der Waals surface area contributed by atoms with Gasteiger partial charge in [0.05, 0.1) is 10.9 Å². The van der Waals surface area contributed by atoms with E-state index in [1.807, 2.05) is 0 Å². The van der Waals surface area contributed by atoms with E-state index in [0.29, 0.717) is 0 Å². The number of sulfone groups is 1. The first-order valence-corrected chi connectivity index (χ1v) is 11.0. The Bertz CT molecular complexity index is 1160. The summed E-state index contributed by atoms with van der Waals surface area (Å²) < 4.78 is 138. The molecule has 0 aromatic heterocycles. The number of benzene rings is 2. The normalized spacial score (nSPS) is 23.6. The molecule has 0 saturated carbocycles. The minimum absolute atomic E-state index is 0.0909. The Labute approximate surface area is 182 Å². The van der Waals surface area contributed by atoms with Gasteiger partial charge in [0.1, 0.15) is 22.9 Å². The monoisotopic (exact) mass is 501 g/mol. The molecular weight excluding hydrogens is 486 g/mol. The largest absolute Gasteiger partial charge is 0.492 e. The van der Waals surface area contributed by atoms with E-state index in [9.17, 15) is 43.5 Å². The van der Waals surface area contributed by atoms with Crippen LogP contribution in [-0.4, -0.2) is 40.0 Å². The lowest BCUT2D eigenvalue weighted by Crippen LogP contribution is -2.53. The molecule has 2 aliphatic heterocycles. The summed E-state index contributed by atoms with van der Waals surface area (Å²) in [7, 11) is -4.34. The molecular formula is C20H15F8NO3S. The van der Waals surface area contributed by atoms with E-state index in [-0.39, 0.29) is 35.6 Å². The molecule has 0 spiro atoms. The molecule has 1 saturated heterocycles. The number of hydrogen-bond donors (Lipinski definition) is 1. The number of fused-ring (bicyclic) bond motifs is 3. The van der Waals surface area contributed by atoms with Crippen LogP contribution >= 0.6 is 0 Å². The van der Waals surface area contributed by atoms with E-state index in [1.165, 1.54) is 0 Å². The first kappa shape index (κ1) is 23.7. The van der Waals surface area contributed by atoms with Crippen molar-refractivity contribution in [2.24, 2.45) is 0 Å². The van der Waals surface area contributed by atoms with Gasteiger partial charge in [-0.05, 0) is 43.3 Å². The van der Waals surface area contributed by atoms with Gasteiger partial charge < -0.3 is 10.1 Å². The lowest BCUT2D eigenvalue weighted by Gasteiger charge is -2.40. The van der Waals surface area contributed by atoms with Gasteiger partial charge in [0.15, 0.2) is 9.84 Å². The second-order valence-corrected chi connectivity index (χ2v) is 9.99. The Morgan fingerprint density at radius 1 is 0.939 bits per heavy atom. The zero-order chi connectivity index (χ0) is 24.4. The summed E-state index contributed by atoms with van der Waals surface area (Å²) in [6.45, 7) is -0.262. The lowest BCUT2D eigenvalue weighted by atomic mass is 9.85. The molecule has 0 bridgehead atoms. The second-order valence-electron chi connectivity index (χ2n) is 7.78. The number of ether oxygens (including phenoxy) is 1. The molecule has 1 fully saturated rings. The highest BCUT2D eigenvalue weighted by molar-refractivity contribution is 7.92. The van der Waals surface area contributed by atoms with Crippen molar-refractivity contribution in [1.29, 1.82) is 0 Å². The number of hydrogen-bond acceptors (Lipinski definition) is 4. The van der Waals surface area contributed by atoms with Crippen molar-refractivity contribution < 1.29 is 48.3 Å². The standard InChI is InChI=1S/C20H15F8NO3S/c21-12-2-4-13(5-3-12)33(30,31)17-7-8-29-16(17)10-32-15-9-11(1-6-14(15)17)18(22,19(23,24)25)20(26,27)28/h1-6,9,16,29H,7-8,10H2. The highest BCUT2D eigenvalue weighted by Gasteiger charge is 2.73. The van der Waals surface area contributed by atoms with Crippen molar-refractivity contribution in [3.8, 4) is 5.75 Å². The third-order valence-electron chi connectivity index (χ3n) is 6.08. The summed E-state index contributed by atoms with van der Waals surface area (Å²) >= 11 is 0. The molecule has 2 unspecified atom stereocenters. The maximum atomic E-state index is 14.5. The van der Waals surface area contributed by atoms with Gasteiger partial charge in [-0.3, -0.25) is 0 Å². The van der Waals surface area contributed by atoms with E-state index >= 15 is 0 Å². The molecule has 0 amide bonds. The summed E-state index contributed by atoms with van der Waals surface area (Å²) in [4.78, 5) is -0.292. The van der Waals surface area contributed by atoms with Crippen molar-refractivity contribution in [2.75, 3.05) is 13.2 Å². The van der Waals surface area contributed by atoms with Crippen LogP contribution in [0.25, 0.3) is 0 Å². The first-order chi connectivity index (χ1) is 15.2.